The molecule has 1 aromatic carbocycles. The Kier molecular flexibility index (Phi) is 4.59. The number of ether oxygens (including phenoxy) is 1. The number of halogens is 1. The summed E-state index contributed by atoms with van der Waals surface area (Å²) in [4.78, 5) is 13.7. The van der Waals surface area contributed by atoms with Gasteiger partial charge in [-0.1, -0.05) is 12.1 Å². The van der Waals surface area contributed by atoms with Gasteiger partial charge in [0.15, 0.2) is 5.22 Å². The van der Waals surface area contributed by atoms with Crippen molar-refractivity contribution in [2.45, 2.75) is 12.5 Å². The largest absolute Gasteiger partial charge is 0.497 e. The number of methoxy groups -OCH3 is 1. The Balaban J connectivity index is 1.76. The van der Waals surface area contributed by atoms with Gasteiger partial charge in [0.1, 0.15) is 11.5 Å². The van der Waals surface area contributed by atoms with Crippen LogP contribution in [0.25, 0.3) is 0 Å². The first kappa shape index (κ1) is 15.9. The van der Waals surface area contributed by atoms with E-state index >= 15 is 0 Å². The van der Waals surface area contributed by atoms with Gasteiger partial charge in [-0.25, -0.2) is 0 Å². The molecule has 122 valence electrons. The molecule has 5 nitrogen and oxygen atoms in total. The van der Waals surface area contributed by atoms with E-state index in [0.29, 0.717) is 24.9 Å². The number of hydrogen-bond acceptors (Lipinski definition) is 4. The van der Waals surface area contributed by atoms with Crippen LogP contribution in [0.2, 0.25) is 5.22 Å². The highest BCUT2D eigenvalue weighted by atomic mass is 35.5. The van der Waals surface area contributed by atoms with Gasteiger partial charge in [0.05, 0.1) is 19.6 Å². The molecule has 23 heavy (non-hydrogen) atoms. The van der Waals surface area contributed by atoms with Gasteiger partial charge in [-0.05, 0) is 41.4 Å². The highest BCUT2D eigenvalue weighted by Gasteiger charge is 2.38. The van der Waals surface area contributed by atoms with Gasteiger partial charge in [-0.15, -0.1) is 0 Å². The lowest BCUT2D eigenvalue weighted by Gasteiger charge is -2.15. The molecule has 0 spiro atoms. The molecule has 0 unspecified atom stereocenters. The summed E-state index contributed by atoms with van der Waals surface area (Å²) in [7, 11) is 1.61. The number of hydrogen-bond donors (Lipinski definition) is 1. The van der Waals surface area contributed by atoms with Gasteiger partial charge in [-0.3, -0.25) is 9.69 Å². The quantitative estimate of drug-likeness (QED) is 0.908. The van der Waals surface area contributed by atoms with E-state index in [2.05, 4.69) is 4.90 Å². The fourth-order valence-corrected chi connectivity index (χ4v) is 3.27. The molecular formula is C17H18ClNO4. The molecule has 0 radical (unpaired) electrons. The van der Waals surface area contributed by atoms with Crippen LogP contribution >= 0.6 is 11.6 Å². The van der Waals surface area contributed by atoms with Crippen LogP contribution in [0, 0.1) is 5.92 Å². The van der Waals surface area contributed by atoms with Crippen LogP contribution in [0.1, 0.15) is 17.2 Å². The number of carboxylic acid groups (broad SMARTS) is 1. The number of benzene rings is 1. The Labute approximate surface area is 139 Å². The van der Waals surface area contributed by atoms with Crippen LogP contribution in [-0.4, -0.2) is 36.2 Å². The first-order valence-electron chi connectivity index (χ1n) is 7.40. The van der Waals surface area contributed by atoms with E-state index in [1.54, 1.807) is 13.2 Å². The summed E-state index contributed by atoms with van der Waals surface area (Å²) in [5, 5.41) is 9.89. The second-order valence-corrected chi connectivity index (χ2v) is 6.10. The van der Waals surface area contributed by atoms with Crippen LogP contribution in [0.5, 0.6) is 5.75 Å². The monoisotopic (exact) mass is 335 g/mol. The maximum absolute atomic E-state index is 11.6. The molecule has 3 rings (SSSR count). The van der Waals surface area contributed by atoms with Crippen molar-refractivity contribution in [2.75, 3.05) is 20.2 Å². The van der Waals surface area contributed by atoms with Crippen molar-refractivity contribution < 1.29 is 19.1 Å². The molecule has 1 N–H and O–H groups in total. The predicted molar refractivity (Wildman–Crippen MR) is 85.9 cm³/mol. The van der Waals surface area contributed by atoms with Gasteiger partial charge < -0.3 is 14.3 Å². The van der Waals surface area contributed by atoms with Crippen LogP contribution in [-0.2, 0) is 11.3 Å². The van der Waals surface area contributed by atoms with Crippen molar-refractivity contribution in [3.63, 3.8) is 0 Å². The third-order valence-electron chi connectivity index (χ3n) is 4.26. The van der Waals surface area contributed by atoms with Crippen molar-refractivity contribution in [3.05, 3.63) is 52.9 Å². The zero-order valence-corrected chi connectivity index (χ0v) is 13.5. The molecule has 1 aromatic heterocycles. The van der Waals surface area contributed by atoms with E-state index in [4.69, 9.17) is 20.8 Å². The van der Waals surface area contributed by atoms with E-state index in [9.17, 15) is 9.90 Å². The molecule has 0 aliphatic carbocycles. The van der Waals surface area contributed by atoms with E-state index in [1.807, 2.05) is 30.3 Å². The molecule has 0 bridgehead atoms. The minimum atomic E-state index is -0.772. The van der Waals surface area contributed by atoms with Crippen molar-refractivity contribution in [3.8, 4) is 5.75 Å². The van der Waals surface area contributed by atoms with E-state index in [0.717, 1.165) is 17.1 Å². The van der Waals surface area contributed by atoms with Gasteiger partial charge in [0, 0.05) is 19.0 Å². The van der Waals surface area contributed by atoms with E-state index in [-0.39, 0.29) is 5.92 Å². The lowest BCUT2D eigenvalue weighted by molar-refractivity contribution is -0.141. The summed E-state index contributed by atoms with van der Waals surface area (Å²) in [6.07, 6.45) is 0. The molecular weight excluding hydrogens is 318 g/mol. The van der Waals surface area contributed by atoms with Crippen LogP contribution in [0.3, 0.4) is 0 Å². The standard InChI is InChI=1S/C17H18ClNO4/c1-22-12-4-2-11(3-5-12)14-9-19(10-15(14)17(20)21)8-13-6-7-16(18)23-13/h2-7,14-15H,8-10H2,1H3,(H,20,21)/t14-,15+/m0/s1. The van der Waals surface area contributed by atoms with Crippen LogP contribution in [0.15, 0.2) is 40.8 Å². The predicted octanol–water partition coefficient (Wildman–Crippen LogP) is 3.24. The summed E-state index contributed by atoms with van der Waals surface area (Å²) in [6, 6.07) is 11.1. The fraction of sp³-hybridized carbons (Fsp3) is 0.353. The van der Waals surface area contributed by atoms with Gasteiger partial charge in [-0.2, -0.15) is 0 Å². The van der Waals surface area contributed by atoms with Gasteiger partial charge in [0.2, 0.25) is 0 Å². The number of rotatable bonds is 5. The number of furan rings is 1. The van der Waals surface area contributed by atoms with Crippen molar-refractivity contribution in [1.29, 1.82) is 0 Å². The topological polar surface area (TPSA) is 62.9 Å². The first-order valence-corrected chi connectivity index (χ1v) is 7.78. The summed E-state index contributed by atoms with van der Waals surface area (Å²) >= 11 is 5.79. The normalized spacial score (nSPS) is 21.5. The van der Waals surface area contributed by atoms with Gasteiger partial charge in [0.25, 0.3) is 0 Å². The Morgan fingerprint density at radius 3 is 2.61 bits per heavy atom. The van der Waals surface area contributed by atoms with E-state index < -0.39 is 11.9 Å². The number of likely N-dealkylation sites (tertiary alicyclic amines) is 1. The smallest absolute Gasteiger partial charge is 0.308 e. The summed E-state index contributed by atoms with van der Waals surface area (Å²) in [5.74, 6) is 0.249. The third-order valence-corrected chi connectivity index (χ3v) is 4.47. The molecule has 1 aliphatic heterocycles. The molecule has 2 aromatic rings. The minimum Gasteiger partial charge on any atom is -0.497 e. The average Bonchev–Trinajstić information content (AvgIpc) is 3.14. The van der Waals surface area contributed by atoms with Crippen molar-refractivity contribution in [1.82, 2.24) is 4.90 Å². The molecule has 0 amide bonds. The zero-order chi connectivity index (χ0) is 16.4. The molecule has 6 heteroatoms. The summed E-state index contributed by atoms with van der Waals surface area (Å²) in [5.41, 5.74) is 1.01. The highest BCUT2D eigenvalue weighted by molar-refractivity contribution is 6.28. The highest BCUT2D eigenvalue weighted by Crippen LogP contribution is 2.34. The Morgan fingerprint density at radius 1 is 1.30 bits per heavy atom. The number of carbonyl (C=O) groups is 1. The molecule has 1 saturated heterocycles. The summed E-state index contributed by atoms with van der Waals surface area (Å²) < 4.78 is 10.5. The van der Waals surface area contributed by atoms with E-state index in [1.165, 1.54) is 0 Å². The molecule has 0 saturated carbocycles. The second-order valence-electron chi connectivity index (χ2n) is 5.72. The fourth-order valence-electron chi connectivity index (χ4n) is 3.11. The number of aliphatic carboxylic acids is 1. The summed E-state index contributed by atoms with van der Waals surface area (Å²) in [6.45, 7) is 1.72. The van der Waals surface area contributed by atoms with Crippen LogP contribution < -0.4 is 4.74 Å². The van der Waals surface area contributed by atoms with Crippen LogP contribution in [0.4, 0.5) is 0 Å². The molecule has 2 heterocycles. The zero-order valence-electron chi connectivity index (χ0n) is 12.7. The lowest BCUT2D eigenvalue weighted by Crippen LogP contribution is -2.23. The Morgan fingerprint density at radius 2 is 2.04 bits per heavy atom. The first-order chi connectivity index (χ1) is 11.1. The number of nitrogens with zero attached hydrogens (tertiary/aromatic N) is 1. The minimum absolute atomic E-state index is 0.0520. The lowest BCUT2D eigenvalue weighted by atomic mass is 9.89. The second kappa shape index (κ2) is 6.64. The van der Waals surface area contributed by atoms with Crippen molar-refractivity contribution >= 4 is 17.6 Å². The average molecular weight is 336 g/mol. The van der Waals surface area contributed by atoms with Crippen molar-refractivity contribution in [2.24, 2.45) is 5.92 Å². The number of carboxylic acids is 1. The molecule has 1 aliphatic rings. The van der Waals surface area contributed by atoms with Gasteiger partial charge >= 0.3 is 5.97 Å². The Bertz CT molecular complexity index is 682. The Hall–Kier alpha value is -1.98. The molecule has 2 atom stereocenters. The SMILES string of the molecule is COc1ccc([C@@H]2CN(Cc3ccc(Cl)o3)C[C@H]2C(=O)O)cc1. The molecule has 1 fully saturated rings. The maximum atomic E-state index is 11.6. The maximum Gasteiger partial charge on any atom is 0.308 e. The third kappa shape index (κ3) is 3.51.